The zero-order valence-electron chi connectivity index (χ0n) is 8.82. The van der Waals surface area contributed by atoms with Gasteiger partial charge >= 0.3 is 0 Å². The Labute approximate surface area is 118 Å². The minimum Gasteiger partial charge on any atom is -0.375 e. The van der Waals surface area contributed by atoms with Crippen LogP contribution < -0.4 is 5.73 Å². The van der Waals surface area contributed by atoms with Crippen LogP contribution in [0.3, 0.4) is 0 Å². The smallest absolute Gasteiger partial charge is 0.180 e. The van der Waals surface area contributed by atoms with Crippen LogP contribution in [0.15, 0.2) is 24.3 Å². The molecule has 0 amide bonds. The van der Waals surface area contributed by atoms with Crippen LogP contribution in [0.5, 0.6) is 0 Å². The molecule has 0 bridgehead atoms. The molecule has 1 aromatic carbocycles. The molecule has 0 aliphatic rings. The molecule has 0 radical (unpaired) electrons. The second-order valence-electron chi connectivity index (χ2n) is 3.24. The summed E-state index contributed by atoms with van der Waals surface area (Å²) in [5, 5.41) is 0.443. The Bertz CT molecular complexity index is 504. The van der Waals surface area contributed by atoms with E-state index < -0.39 is 0 Å². The summed E-state index contributed by atoms with van der Waals surface area (Å²) in [4.78, 5) is 5.09. The summed E-state index contributed by atoms with van der Waals surface area (Å²) in [6, 6.07) is 6.53. The van der Waals surface area contributed by atoms with Gasteiger partial charge in [0.05, 0.1) is 5.69 Å². The minimum absolute atomic E-state index is 0. The fourth-order valence-corrected chi connectivity index (χ4v) is 2.64. The lowest BCUT2D eigenvalue weighted by Crippen LogP contribution is -1.90. The van der Waals surface area contributed by atoms with Gasteiger partial charge in [-0.05, 0) is 18.6 Å². The maximum atomic E-state index is 13.6. The van der Waals surface area contributed by atoms with Crippen LogP contribution in [-0.2, 0) is 6.42 Å². The van der Waals surface area contributed by atoms with Crippen molar-refractivity contribution in [3.05, 3.63) is 35.0 Å². The first-order valence-electron chi connectivity index (χ1n) is 4.78. The summed E-state index contributed by atoms with van der Waals surface area (Å²) in [5.41, 5.74) is 6.73. The molecule has 0 atom stereocenters. The van der Waals surface area contributed by atoms with Crippen LogP contribution in [0.1, 0.15) is 4.88 Å². The van der Waals surface area contributed by atoms with E-state index in [0.717, 1.165) is 4.88 Å². The van der Waals surface area contributed by atoms with Crippen molar-refractivity contribution in [2.24, 2.45) is 0 Å². The summed E-state index contributed by atoms with van der Waals surface area (Å²) in [7, 11) is 0. The highest BCUT2D eigenvalue weighted by molar-refractivity contribution is 8.93. The summed E-state index contributed by atoms with van der Waals surface area (Å²) in [6.45, 7) is 0. The zero-order chi connectivity index (χ0) is 11.5. The number of alkyl halides is 1. The number of halogens is 3. The molecule has 0 saturated carbocycles. The van der Waals surface area contributed by atoms with E-state index in [1.807, 2.05) is 0 Å². The standard InChI is InChI=1S/C11H10ClFN2S.BrH/c12-6-5-9-10(15-11(14)16-9)7-3-1-2-4-8(7)13;/h1-4H,5-6H2,(H2,14,15);1H. The number of hydrogen-bond acceptors (Lipinski definition) is 3. The molecule has 92 valence electrons. The van der Waals surface area contributed by atoms with Crippen molar-refractivity contribution in [1.82, 2.24) is 4.98 Å². The monoisotopic (exact) mass is 336 g/mol. The summed E-state index contributed by atoms with van der Waals surface area (Å²) < 4.78 is 13.6. The Hall–Kier alpha value is -0.650. The van der Waals surface area contributed by atoms with Gasteiger partial charge in [-0.15, -0.1) is 39.9 Å². The van der Waals surface area contributed by atoms with Crippen LogP contribution in [0.2, 0.25) is 0 Å². The van der Waals surface area contributed by atoms with Crippen LogP contribution in [-0.4, -0.2) is 10.9 Å². The third kappa shape index (κ3) is 3.18. The zero-order valence-corrected chi connectivity index (χ0v) is 12.1. The third-order valence-corrected chi connectivity index (χ3v) is 3.30. The van der Waals surface area contributed by atoms with E-state index in [4.69, 9.17) is 17.3 Å². The molecular formula is C11H11BrClFN2S. The number of nitrogens with two attached hydrogens (primary N) is 1. The first kappa shape index (κ1) is 14.4. The largest absolute Gasteiger partial charge is 0.375 e. The molecule has 2 nitrogen and oxygen atoms in total. The van der Waals surface area contributed by atoms with Crippen LogP contribution in [0, 0.1) is 5.82 Å². The SMILES string of the molecule is Br.Nc1nc(-c2ccccc2F)c(CCCl)s1. The number of hydrogen-bond donors (Lipinski definition) is 1. The molecule has 0 fully saturated rings. The fourth-order valence-electron chi connectivity index (χ4n) is 1.49. The highest BCUT2D eigenvalue weighted by Crippen LogP contribution is 2.31. The molecule has 17 heavy (non-hydrogen) atoms. The van der Waals surface area contributed by atoms with Gasteiger partial charge in [-0.1, -0.05) is 12.1 Å². The molecule has 2 N–H and O–H groups in total. The Morgan fingerprint density at radius 2 is 2.06 bits per heavy atom. The topological polar surface area (TPSA) is 38.9 Å². The van der Waals surface area contributed by atoms with Gasteiger partial charge in [0.1, 0.15) is 5.82 Å². The molecule has 0 unspecified atom stereocenters. The molecule has 0 saturated heterocycles. The highest BCUT2D eigenvalue weighted by atomic mass is 79.9. The number of aryl methyl sites for hydroxylation is 1. The van der Waals surface area contributed by atoms with Crippen molar-refractivity contribution in [3.8, 4) is 11.3 Å². The van der Waals surface area contributed by atoms with Gasteiger partial charge in [-0.25, -0.2) is 9.37 Å². The van der Waals surface area contributed by atoms with Crippen LogP contribution in [0.4, 0.5) is 9.52 Å². The fraction of sp³-hybridized carbons (Fsp3) is 0.182. The van der Waals surface area contributed by atoms with Gasteiger partial charge in [0.25, 0.3) is 0 Å². The Balaban J connectivity index is 0.00000144. The number of anilines is 1. The maximum Gasteiger partial charge on any atom is 0.180 e. The summed E-state index contributed by atoms with van der Waals surface area (Å²) >= 11 is 7.05. The minimum atomic E-state index is -0.288. The summed E-state index contributed by atoms with van der Waals surface area (Å²) in [6.07, 6.45) is 0.653. The van der Waals surface area contributed by atoms with Gasteiger partial charge in [0.15, 0.2) is 5.13 Å². The van der Waals surface area contributed by atoms with Crippen molar-refractivity contribution in [1.29, 1.82) is 0 Å². The lowest BCUT2D eigenvalue weighted by molar-refractivity contribution is 0.630. The van der Waals surface area contributed by atoms with Gasteiger partial charge in [0.2, 0.25) is 0 Å². The number of thiazole rings is 1. The van der Waals surface area contributed by atoms with E-state index in [1.165, 1.54) is 17.4 Å². The quantitative estimate of drug-likeness (QED) is 0.863. The molecule has 0 spiro atoms. The molecule has 1 aromatic heterocycles. The van der Waals surface area contributed by atoms with Gasteiger partial charge in [0, 0.05) is 16.3 Å². The number of benzene rings is 1. The predicted molar refractivity (Wildman–Crippen MR) is 76.7 cm³/mol. The van der Waals surface area contributed by atoms with Crippen molar-refractivity contribution >= 4 is 45.1 Å². The number of nitrogens with zero attached hydrogens (tertiary/aromatic N) is 1. The summed E-state index contributed by atoms with van der Waals surface area (Å²) in [5.74, 6) is 0.187. The number of rotatable bonds is 3. The molecule has 0 aliphatic heterocycles. The van der Waals surface area contributed by atoms with E-state index in [9.17, 15) is 4.39 Å². The predicted octanol–water partition coefficient (Wildman–Crippen LogP) is 3.89. The lowest BCUT2D eigenvalue weighted by Gasteiger charge is -2.01. The highest BCUT2D eigenvalue weighted by Gasteiger charge is 2.14. The molecule has 6 heteroatoms. The van der Waals surface area contributed by atoms with Crippen molar-refractivity contribution < 1.29 is 4.39 Å². The number of aromatic nitrogens is 1. The molecule has 2 aromatic rings. The normalized spacial score (nSPS) is 10.0. The van der Waals surface area contributed by atoms with Crippen molar-refractivity contribution in [2.75, 3.05) is 11.6 Å². The Morgan fingerprint density at radius 3 is 2.71 bits per heavy atom. The molecular weight excluding hydrogens is 327 g/mol. The first-order chi connectivity index (χ1) is 7.72. The van der Waals surface area contributed by atoms with Gasteiger partial charge in [-0.2, -0.15) is 0 Å². The number of nitrogen functional groups attached to an aromatic ring is 1. The van der Waals surface area contributed by atoms with Crippen molar-refractivity contribution in [3.63, 3.8) is 0 Å². The Kier molecular flexibility index (Phi) is 5.36. The average molecular weight is 338 g/mol. The molecule has 1 heterocycles. The maximum absolute atomic E-state index is 13.6. The van der Waals surface area contributed by atoms with E-state index >= 15 is 0 Å². The van der Waals surface area contributed by atoms with Gasteiger partial charge in [-0.3, -0.25) is 0 Å². The van der Waals surface area contributed by atoms with Gasteiger partial charge < -0.3 is 5.73 Å². The second-order valence-corrected chi connectivity index (χ2v) is 4.74. The van der Waals surface area contributed by atoms with E-state index in [0.29, 0.717) is 28.7 Å². The molecule has 2 rings (SSSR count). The lowest BCUT2D eigenvalue weighted by atomic mass is 10.1. The van der Waals surface area contributed by atoms with Crippen LogP contribution in [0.25, 0.3) is 11.3 Å². The second kappa shape index (κ2) is 6.33. The van der Waals surface area contributed by atoms with Crippen molar-refractivity contribution in [2.45, 2.75) is 6.42 Å². The van der Waals surface area contributed by atoms with E-state index in [1.54, 1.807) is 18.2 Å². The van der Waals surface area contributed by atoms with E-state index in [2.05, 4.69) is 4.98 Å². The molecule has 0 aliphatic carbocycles. The Morgan fingerprint density at radius 1 is 1.35 bits per heavy atom. The third-order valence-electron chi connectivity index (χ3n) is 2.16. The van der Waals surface area contributed by atoms with Crippen LogP contribution >= 0.6 is 39.9 Å². The average Bonchev–Trinajstić information content (AvgIpc) is 2.61. The van der Waals surface area contributed by atoms with E-state index in [-0.39, 0.29) is 22.8 Å². The first-order valence-corrected chi connectivity index (χ1v) is 6.13.